The van der Waals surface area contributed by atoms with Gasteiger partial charge < -0.3 is 5.32 Å². The van der Waals surface area contributed by atoms with Gasteiger partial charge in [-0.25, -0.2) is 15.0 Å². The molecular weight excluding hydrogens is 356 g/mol. The van der Waals surface area contributed by atoms with Crippen molar-refractivity contribution in [3.05, 3.63) is 70.8 Å². The maximum Gasteiger partial charge on any atom is 0.274 e. The van der Waals surface area contributed by atoms with Gasteiger partial charge in [-0.1, -0.05) is 22.0 Å². The first kappa shape index (κ1) is 15.3. The molecule has 5 nitrogen and oxygen atoms in total. The van der Waals surface area contributed by atoms with Gasteiger partial charge in [-0.05, 0) is 42.8 Å². The average molecular weight is 369 g/mol. The van der Waals surface area contributed by atoms with Crippen LogP contribution in [0.5, 0.6) is 0 Å². The lowest BCUT2D eigenvalue weighted by atomic mass is 10.1. The van der Waals surface area contributed by atoms with E-state index in [4.69, 9.17) is 0 Å². The molecule has 2 heterocycles. The number of rotatable bonds is 3. The maximum absolute atomic E-state index is 12.5. The van der Waals surface area contributed by atoms with Crippen LogP contribution < -0.4 is 5.32 Å². The van der Waals surface area contributed by atoms with Crippen LogP contribution in [0.25, 0.3) is 11.3 Å². The number of amides is 1. The number of pyridine rings is 1. The third kappa shape index (κ3) is 3.60. The highest BCUT2D eigenvalue weighted by molar-refractivity contribution is 9.10. The minimum atomic E-state index is -0.247. The lowest BCUT2D eigenvalue weighted by molar-refractivity contribution is 0.102. The monoisotopic (exact) mass is 368 g/mol. The Labute approximate surface area is 142 Å². The summed E-state index contributed by atoms with van der Waals surface area (Å²) in [7, 11) is 0. The van der Waals surface area contributed by atoms with Crippen LogP contribution in [-0.2, 0) is 0 Å². The van der Waals surface area contributed by atoms with Crippen molar-refractivity contribution in [1.82, 2.24) is 15.0 Å². The molecule has 0 spiro atoms. The van der Waals surface area contributed by atoms with Crippen LogP contribution in [0.1, 0.15) is 16.1 Å². The first-order chi connectivity index (χ1) is 11.1. The molecule has 3 aromatic rings. The van der Waals surface area contributed by atoms with Crippen molar-refractivity contribution in [2.24, 2.45) is 0 Å². The number of aryl methyl sites for hydroxylation is 1. The predicted octanol–water partition coefficient (Wildman–Crippen LogP) is 3.86. The highest BCUT2D eigenvalue weighted by atomic mass is 79.9. The maximum atomic E-state index is 12.5. The molecule has 114 valence electrons. The van der Waals surface area contributed by atoms with Crippen LogP contribution in [0.2, 0.25) is 0 Å². The van der Waals surface area contributed by atoms with Crippen LogP contribution in [-0.4, -0.2) is 20.9 Å². The minimum absolute atomic E-state index is 0.247. The number of carbonyl (C=O) groups is 1. The van der Waals surface area contributed by atoms with Gasteiger partial charge in [-0.2, -0.15) is 0 Å². The van der Waals surface area contributed by atoms with Gasteiger partial charge in [0.15, 0.2) is 0 Å². The van der Waals surface area contributed by atoms with Crippen molar-refractivity contribution in [1.29, 1.82) is 0 Å². The van der Waals surface area contributed by atoms with Crippen molar-refractivity contribution in [2.75, 3.05) is 5.32 Å². The number of hydrogen-bond acceptors (Lipinski definition) is 4. The van der Waals surface area contributed by atoms with Gasteiger partial charge >= 0.3 is 0 Å². The Balaban J connectivity index is 1.89. The Morgan fingerprint density at radius 1 is 1.04 bits per heavy atom. The molecule has 2 aromatic heterocycles. The SMILES string of the molecule is Cc1ccc(-c2cncnc2)nc1C(=O)Nc1ccc(Br)cc1. The molecule has 1 aromatic carbocycles. The highest BCUT2D eigenvalue weighted by Crippen LogP contribution is 2.19. The fraction of sp³-hybridized carbons (Fsp3) is 0.0588. The Morgan fingerprint density at radius 2 is 1.74 bits per heavy atom. The molecule has 1 amide bonds. The standard InChI is InChI=1S/C17H13BrN4O/c1-11-2-7-15(12-8-19-10-20-9-12)22-16(11)17(23)21-14-5-3-13(18)4-6-14/h2-10H,1H3,(H,21,23). The van der Waals surface area contributed by atoms with Crippen molar-refractivity contribution in [3.63, 3.8) is 0 Å². The van der Waals surface area contributed by atoms with E-state index in [0.717, 1.165) is 15.6 Å². The number of hydrogen-bond donors (Lipinski definition) is 1. The molecule has 0 bridgehead atoms. The number of halogens is 1. The molecule has 6 heteroatoms. The quantitative estimate of drug-likeness (QED) is 0.761. The average Bonchev–Trinajstić information content (AvgIpc) is 2.58. The fourth-order valence-electron chi connectivity index (χ4n) is 2.07. The zero-order valence-electron chi connectivity index (χ0n) is 12.3. The van der Waals surface area contributed by atoms with Crippen LogP contribution in [0.3, 0.4) is 0 Å². The summed E-state index contributed by atoms with van der Waals surface area (Å²) in [6.07, 6.45) is 4.79. The minimum Gasteiger partial charge on any atom is -0.321 e. The molecule has 23 heavy (non-hydrogen) atoms. The summed E-state index contributed by atoms with van der Waals surface area (Å²) >= 11 is 3.37. The second-order valence-electron chi connectivity index (χ2n) is 4.95. The highest BCUT2D eigenvalue weighted by Gasteiger charge is 2.13. The van der Waals surface area contributed by atoms with E-state index in [-0.39, 0.29) is 5.91 Å². The van der Waals surface area contributed by atoms with Crippen LogP contribution in [0.4, 0.5) is 5.69 Å². The van der Waals surface area contributed by atoms with E-state index >= 15 is 0 Å². The third-order valence-corrected chi connectivity index (χ3v) is 3.80. The van der Waals surface area contributed by atoms with E-state index < -0.39 is 0 Å². The van der Waals surface area contributed by atoms with Gasteiger partial charge in [-0.3, -0.25) is 4.79 Å². The first-order valence-corrected chi connectivity index (χ1v) is 7.73. The molecule has 0 atom stereocenters. The molecule has 3 rings (SSSR count). The lowest BCUT2D eigenvalue weighted by Gasteiger charge is -2.09. The zero-order valence-corrected chi connectivity index (χ0v) is 13.9. The van der Waals surface area contributed by atoms with E-state index in [1.165, 1.54) is 6.33 Å². The van der Waals surface area contributed by atoms with Crippen LogP contribution >= 0.6 is 15.9 Å². The molecule has 0 saturated carbocycles. The summed E-state index contributed by atoms with van der Waals surface area (Å²) in [4.78, 5) is 24.9. The molecule has 0 fully saturated rings. The summed E-state index contributed by atoms with van der Waals surface area (Å²) in [6, 6.07) is 11.1. The Kier molecular flexibility index (Phi) is 4.43. The predicted molar refractivity (Wildman–Crippen MR) is 92.1 cm³/mol. The second kappa shape index (κ2) is 6.66. The summed E-state index contributed by atoms with van der Waals surface area (Å²) in [6.45, 7) is 1.86. The number of benzene rings is 1. The molecule has 0 aliphatic heterocycles. The van der Waals surface area contributed by atoms with Crippen molar-refractivity contribution >= 4 is 27.5 Å². The second-order valence-corrected chi connectivity index (χ2v) is 5.87. The number of nitrogens with one attached hydrogen (secondary N) is 1. The first-order valence-electron chi connectivity index (χ1n) is 6.93. The summed E-state index contributed by atoms with van der Waals surface area (Å²) < 4.78 is 0.955. The van der Waals surface area contributed by atoms with Gasteiger partial charge in [0.05, 0.1) is 5.69 Å². The third-order valence-electron chi connectivity index (χ3n) is 3.27. The largest absolute Gasteiger partial charge is 0.321 e. The lowest BCUT2D eigenvalue weighted by Crippen LogP contribution is -2.15. The van der Waals surface area contributed by atoms with Crippen molar-refractivity contribution < 1.29 is 4.79 Å². The topological polar surface area (TPSA) is 67.8 Å². The number of nitrogens with zero attached hydrogens (tertiary/aromatic N) is 3. The molecule has 0 aliphatic rings. The Bertz CT molecular complexity index is 835. The fourth-order valence-corrected chi connectivity index (χ4v) is 2.34. The summed E-state index contributed by atoms with van der Waals surface area (Å²) in [5.41, 5.74) is 3.34. The Morgan fingerprint density at radius 3 is 2.43 bits per heavy atom. The smallest absolute Gasteiger partial charge is 0.274 e. The van der Waals surface area contributed by atoms with Gasteiger partial charge in [0, 0.05) is 28.1 Å². The number of anilines is 1. The van der Waals surface area contributed by atoms with Gasteiger partial charge in [0.25, 0.3) is 5.91 Å². The van der Waals surface area contributed by atoms with E-state index in [1.807, 2.05) is 43.3 Å². The number of carbonyl (C=O) groups excluding carboxylic acids is 1. The van der Waals surface area contributed by atoms with Crippen molar-refractivity contribution in [2.45, 2.75) is 6.92 Å². The van der Waals surface area contributed by atoms with E-state index in [2.05, 4.69) is 36.2 Å². The molecule has 0 aliphatic carbocycles. The molecule has 0 saturated heterocycles. The molecular formula is C17H13BrN4O. The van der Waals surface area contributed by atoms with E-state index in [0.29, 0.717) is 17.1 Å². The summed E-state index contributed by atoms with van der Waals surface area (Å²) in [5.74, 6) is -0.247. The Hall–Kier alpha value is -2.60. The zero-order chi connectivity index (χ0) is 16.2. The van der Waals surface area contributed by atoms with Gasteiger partial charge in [0.1, 0.15) is 12.0 Å². The molecule has 0 unspecified atom stereocenters. The van der Waals surface area contributed by atoms with E-state index in [1.54, 1.807) is 12.4 Å². The molecule has 0 radical (unpaired) electrons. The van der Waals surface area contributed by atoms with Crippen molar-refractivity contribution in [3.8, 4) is 11.3 Å². The summed E-state index contributed by atoms with van der Waals surface area (Å²) in [5, 5.41) is 2.85. The normalized spacial score (nSPS) is 10.3. The number of aromatic nitrogens is 3. The molecule has 1 N–H and O–H groups in total. The van der Waals surface area contributed by atoms with Gasteiger partial charge in [-0.15, -0.1) is 0 Å². The van der Waals surface area contributed by atoms with Gasteiger partial charge in [0.2, 0.25) is 0 Å². The van der Waals surface area contributed by atoms with Crippen LogP contribution in [0, 0.1) is 6.92 Å². The van der Waals surface area contributed by atoms with Crippen LogP contribution in [0.15, 0.2) is 59.6 Å². The van der Waals surface area contributed by atoms with E-state index in [9.17, 15) is 4.79 Å².